The molecule has 1 aromatic carbocycles. The summed E-state index contributed by atoms with van der Waals surface area (Å²) in [6, 6.07) is 12.2. The predicted octanol–water partition coefficient (Wildman–Crippen LogP) is 3.01. The Morgan fingerprint density at radius 3 is 2.76 bits per heavy atom. The zero-order valence-corrected chi connectivity index (χ0v) is 12.1. The molecular weight excluding hydrogens is 288 g/mol. The Morgan fingerprint density at radius 1 is 1.19 bits per heavy atom. The van der Waals surface area contributed by atoms with Gasteiger partial charge in [-0.05, 0) is 30.5 Å². The van der Waals surface area contributed by atoms with E-state index in [0.29, 0.717) is 17.3 Å². The van der Waals surface area contributed by atoms with E-state index >= 15 is 0 Å². The van der Waals surface area contributed by atoms with Crippen molar-refractivity contribution in [3.63, 3.8) is 0 Å². The van der Waals surface area contributed by atoms with Crippen molar-refractivity contribution in [2.75, 3.05) is 6.54 Å². The van der Waals surface area contributed by atoms with E-state index in [9.17, 15) is 9.59 Å². The number of carbonyl (C=O) groups excluding carboxylic acids is 1. The number of hydrogen-bond donors (Lipinski definition) is 1. The molecule has 0 unspecified atom stereocenters. The Balaban J connectivity index is 1.93. The average Bonchev–Trinajstić information content (AvgIpc) is 2.96. The monoisotopic (exact) mass is 302 g/mol. The van der Waals surface area contributed by atoms with E-state index in [1.807, 2.05) is 24.3 Å². The van der Waals surface area contributed by atoms with Crippen molar-refractivity contribution in [3.05, 3.63) is 69.1 Å². The van der Waals surface area contributed by atoms with E-state index in [1.54, 1.807) is 17.0 Å². The Kier molecular flexibility index (Phi) is 3.80. The van der Waals surface area contributed by atoms with Gasteiger partial charge in [-0.2, -0.15) is 0 Å². The van der Waals surface area contributed by atoms with Gasteiger partial charge in [0.2, 0.25) is 5.56 Å². The molecule has 1 fully saturated rings. The summed E-state index contributed by atoms with van der Waals surface area (Å²) in [7, 11) is 0. The molecule has 0 spiro atoms. The lowest BCUT2D eigenvalue weighted by Gasteiger charge is -2.25. The van der Waals surface area contributed by atoms with Crippen molar-refractivity contribution in [2.45, 2.75) is 18.9 Å². The highest BCUT2D eigenvalue weighted by molar-refractivity contribution is 6.31. The number of benzene rings is 1. The van der Waals surface area contributed by atoms with Crippen LogP contribution in [0.25, 0.3) is 0 Å². The molecule has 0 radical (unpaired) electrons. The lowest BCUT2D eigenvalue weighted by molar-refractivity contribution is 0.0729. The molecule has 108 valence electrons. The van der Waals surface area contributed by atoms with Gasteiger partial charge in [0.15, 0.2) is 0 Å². The van der Waals surface area contributed by atoms with E-state index < -0.39 is 0 Å². The third kappa shape index (κ3) is 2.72. The van der Waals surface area contributed by atoms with Gasteiger partial charge in [0.25, 0.3) is 5.91 Å². The fourth-order valence-electron chi connectivity index (χ4n) is 2.81. The molecule has 2 aromatic rings. The van der Waals surface area contributed by atoms with Crippen LogP contribution in [-0.2, 0) is 0 Å². The number of aromatic amines is 1. The number of aromatic nitrogens is 1. The van der Waals surface area contributed by atoms with Gasteiger partial charge < -0.3 is 9.88 Å². The first-order chi connectivity index (χ1) is 10.2. The van der Waals surface area contributed by atoms with Crippen molar-refractivity contribution in [1.29, 1.82) is 0 Å². The maximum Gasteiger partial charge on any atom is 0.270 e. The molecule has 1 saturated heterocycles. The molecule has 1 aromatic heterocycles. The van der Waals surface area contributed by atoms with Crippen LogP contribution >= 0.6 is 11.6 Å². The van der Waals surface area contributed by atoms with Gasteiger partial charge in [0, 0.05) is 17.6 Å². The molecule has 1 aliphatic heterocycles. The summed E-state index contributed by atoms with van der Waals surface area (Å²) < 4.78 is 0. The van der Waals surface area contributed by atoms with Crippen LogP contribution in [0.4, 0.5) is 0 Å². The van der Waals surface area contributed by atoms with Crippen molar-refractivity contribution >= 4 is 17.5 Å². The zero-order valence-electron chi connectivity index (χ0n) is 11.4. The summed E-state index contributed by atoms with van der Waals surface area (Å²) in [5, 5.41) is 0.670. The predicted molar refractivity (Wildman–Crippen MR) is 81.5 cm³/mol. The molecule has 4 nitrogen and oxygen atoms in total. The quantitative estimate of drug-likeness (QED) is 0.927. The van der Waals surface area contributed by atoms with Crippen LogP contribution < -0.4 is 5.56 Å². The molecule has 5 heteroatoms. The molecule has 3 rings (SSSR count). The van der Waals surface area contributed by atoms with Gasteiger partial charge in [0.05, 0.1) is 6.04 Å². The molecule has 0 saturated carbocycles. The van der Waals surface area contributed by atoms with Crippen molar-refractivity contribution < 1.29 is 4.79 Å². The Hall–Kier alpha value is -2.07. The first-order valence-electron chi connectivity index (χ1n) is 6.91. The fourth-order valence-corrected chi connectivity index (χ4v) is 3.07. The van der Waals surface area contributed by atoms with Crippen molar-refractivity contribution in [3.8, 4) is 0 Å². The number of rotatable bonds is 2. The van der Waals surface area contributed by atoms with Crippen LogP contribution in [0.5, 0.6) is 0 Å². The number of nitrogens with zero attached hydrogens (tertiary/aromatic N) is 1. The number of H-pyrrole nitrogens is 1. The second-order valence-electron chi connectivity index (χ2n) is 5.11. The second-order valence-corrected chi connectivity index (χ2v) is 5.51. The number of amides is 1. The highest BCUT2D eigenvalue weighted by atomic mass is 35.5. The summed E-state index contributed by atoms with van der Waals surface area (Å²) >= 11 is 6.25. The van der Waals surface area contributed by atoms with Crippen LogP contribution in [0, 0.1) is 0 Å². The Morgan fingerprint density at radius 2 is 2.00 bits per heavy atom. The third-order valence-corrected chi connectivity index (χ3v) is 4.12. The van der Waals surface area contributed by atoms with Crippen LogP contribution in [-0.4, -0.2) is 22.3 Å². The van der Waals surface area contributed by atoms with Gasteiger partial charge in [0.1, 0.15) is 5.69 Å². The van der Waals surface area contributed by atoms with Gasteiger partial charge in [-0.3, -0.25) is 9.59 Å². The lowest BCUT2D eigenvalue weighted by atomic mass is 10.0. The Bertz CT molecular complexity index is 726. The number of nitrogens with one attached hydrogen (secondary N) is 1. The highest BCUT2D eigenvalue weighted by Gasteiger charge is 2.31. The van der Waals surface area contributed by atoms with E-state index in [4.69, 9.17) is 11.6 Å². The van der Waals surface area contributed by atoms with Crippen LogP contribution in [0.2, 0.25) is 5.02 Å². The minimum atomic E-state index is -0.269. The normalized spacial score (nSPS) is 18.0. The standard InChI is InChI=1S/C16H15ClN2O2/c17-12-6-2-1-5-11(12)14-8-4-10-19(14)16(21)13-7-3-9-15(20)18-13/h1-3,5-7,9,14H,4,8,10H2,(H,18,20)/t14-/m1/s1. The molecule has 1 aliphatic rings. The van der Waals surface area contributed by atoms with E-state index in [2.05, 4.69) is 4.98 Å². The molecule has 1 amide bonds. The van der Waals surface area contributed by atoms with Crippen molar-refractivity contribution in [1.82, 2.24) is 9.88 Å². The summed E-state index contributed by atoms with van der Waals surface area (Å²) in [5.41, 5.74) is 1.01. The van der Waals surface area contributed by atoms with Gasteiger partial charge in [-0.25, -0.2) is 0 Å². The van der Waals surface area contributed by atoms with E-state index in [0.717, 1.165) is 18.4 Å². The number of carbonyl (C=O) groups is 1. The first kappa shape index (κ1) is 13.9. The average molecular weight is 303 g/mol. The van der Waals surface area contributed by atoms with E-state index in [1.165, 1.54) is 6.07 Å². The minimum absolute atomic E-state index is 0.0325. The van der Waals surface area contributed by atoms with Crippen molar-refractivity contribution in [2.24, 2.45) is 0 Å². The number of hydrogen-bond acceptors (Lipinski definition) is 2. The van der Waals surface area contributed by atoms with Crippen LogP contribution in [0.1, 0.15) is 34.9 Å². The maximum absolute atomic E-state index is 12.6. The fraction of sp³-hybridized carbons (Fsp3) is 0.250. The number of halogens is 1. The summed E-state index contributed by atoms with van der Waals surface area (Å²) in [6.07, 6.45) is 1.81. The number of likely N-dealkylation sites (tertiary alicyclic amines) is 1. The molecule has 1 atom stereocenters. The molecule has 0 bridgehead atoms. The SMILES string of the molecule is O=C(c1cccc(=O)[nH]1)N1CCC[C@@H]1c1ccccc1Cl. The van der Waals surface area contributed by atoms with Gasteiger partial charge >= 0.3 is 0 Å². The van der Waals surface area contributed by atoms with Crippen LogP contribution in [0.3, 0.4) is 0 Å². The smallest absolute Gasteiger partial charge is 0.270 e. The minimum Gasteiger partial charge on any atom is -0.330 e. The third-order valence-electron chi connectivity index (χ3n) is 3.78. The van der Waals surface area contributed by atoms with E-state index in [-0.39, 0.29) is 17.5 Å². The van der Waals surface area contributed by atoms with Gasteiger partial charge in [-0.15, -0.1) is 0 Å². The zero-order chi connectivity index (χ0) is 14.8. The maximum atomic E-state index is 12.6. The molecule has 0 aliphatic carbocycles. The first-order valence-corrected chi connectivity index (χ1v) is 7.29. The molecule has 1 N–H and O–H groups in total. The van der Waals surface area contributed by atoms with Crippen LogP contribution in [0.15, 0.2) is 47.3 Å². The van der Waals surface area contributed by atoms with Gasteiger partial charge in [-0.1, -0.05) is 35.9 Å². The number of pyridine rings is 1. The summed E-state index contributed by atoms with van der Waals surface area (Å²) in [5.74, 6) is -0.157. The Labute approximate surface area is 127 Å². The molecular formula is C16H15ClN2O2. The lowest BCUT2D eigenvalue weighted by Crippen LogP contribution is -2.32. The second kappa shape index (κ2) is 5.74. The largest absolute Gasteiger partial charge is 0.330 e. The molecule has 2 heterocycles. The highest BCUT2D eigenvalue weighted by Crippen LogP contribution is 2.36. The summed E-state index contributed by atoms with van der Waals surface area (Å²) in [6.45, 7) is 0.672. The molecule has 21 heavy (non-hydrogen) atoms. The topological polar surface area (TPSA) is 53.2 Å². The summed E-state index contributed by atoms with van der Waals surface area (Å²) in [4.78, 5) is 28.3.